The van der Waals surface area contributed by atoms with Gasteiger partial charge in [-0.15, -0.1) is 5.10 Å². The molecule has 0 atom stereocenters. The number of anilines is 1. The molecule has 1 aliphatic rings. The summed E-state index contributed by atoms with van der Waals surface area (Å²) in [6.45, 7) is 3.14. The second kappa shape index (κ2) is 14.0. The Morgan fingerprint density at radius 1 is 1.14 bits per heavy atom. The van der Waals surface area contributed by atoms with Gasteiger partial charge in [0.1, 0.15) is 5.76 Å². The Labute approximate surface area is 212 Å². The molecule has 1 fully saturated rings. The summed E-state index contributed by atoms with van der Waals surface area (Å²) < 4.78 is 7.56. The second-order valence-electron chi connectivity index (χ2n) is 9.14. The van der Waals surface area contributed by atoms with Gasteiger partial charge in [-0.3, -0.25) is 24.9 Å². The number of aromatic nitrogens is 4. The van der Waals surface area contributed by atoms with Crippen molar-refractivity contribution in [3.8, 4) is 6.19 Å². The summed E-state index contributed by atoms with van der Waals surface area (Å²) in [6.07, 6.45) is 18.4. The van der Waals surface area contributed by atoms with Crippen LogP contribution in [0.3, 0.4) is 0 Å². The highest BCUT2D eigenvalue weighted by Crippen LogP contribution is 2.26. The summed E-state index contributed by atoms with van der Waals surface area (Å²) in [6, 6.07) is 8.24. The average molecular weight is 490 g/mol. The first-order valence-corrected chi connectivity index (χ1v) is 12.8. The van der Waals surface area contributed by atoms with E-state index in [0.29, 0.717) is 18.5 Å². The molecular formula is C26H35N9O. The minimum absolute atomic E-state index is 0.456. The van der Waals surface area contributed by atoms with Gasteiger partial charge in [0, 0.05) is 50.0 Å². The van der Waals surface area contributed by atoms with Crippen molar-refractivity contribution < 1.29 is 4.42 Å². The number of pyridine rings is 1. The number of hydrogen-bond donors (Lipinski definition) is 2. The Kier molecular flexibility index (Phi) is 9.87. The number of furan rings is 1. The van der Waals surface area contributed by atoms with Crippen molar-refractivity contribution in [2.24, 2.45) is 4.99 Å². The van der Waals surface area contributed by atoms with E-state index in [0.717, 1.165) is 62.5 Å². The van der Waals surface area contributed by atoms with E-state index in [1.165, 1.54) is 25.7 Å². The van der Waals surface area contributed by atoms with Crippen LogP contribution in [0.4, 0.5) is 5.69 Å². The van der Waals surface area contributed by atoms with E-state index >= 15 is 0 Å². The molecule has 3 aromatic heterocycles. The highest BCUT2D eigenvalue weighted by Gasteiger charge is 2.24. The lowest BCUT2D eigenvalue weighted by molar-refractivity contribution is 0.165. The Morgan fingerprint density at radius 3 is 2.75 bits per heavy atom. The largest absolute Gasteiger partial charge is 0.468 e. The molecule has 4 rings (SSSR count). The molecular weight excluding hydrogens is 454 g/mol. The molecule has 0 aromatic carbocycles. The summed E-state index contributed by atoms with van der Waals surface area (Å²) >= 11 is 0. The maximum Gasteiger partial charge on any atom is 0.209 e. The molecule has 0 aliphatic heterocycles. The minimum atomic E-state index is 0.456. The lowest BCUT2D eigenvalue weighted by Gasteiger charge is -2.26. The quantitative estimate of drug-likeness (QED) is 0.120. The number of nitrogens with one attached hydrogen (secondary N) is 2. The number of hydrogen-bond acceptors (Lipinski definition) is 7. The molecule has 3 aromatic rings. The number of nitriles is 1. The lowest BCUT2D eigenvalue weighted by atomic mass is 10.2. The Bertz CT molecular complexity index is 1080. The van der Waals surface area contributed by atoms with Gasteiger partial charge in [0.2, 0.25) is 5.96 Å². The van der Waals surface area contributed by atoms with Crippen LogP contribution >= 0.6 is 0 Å². The maximum atomic E-state index is 8.94. The third kappa shape index (κ3) is 8.20. The summed E-state index contributed by atoms with van der Waals surface area (Å²) in [5.41, 5.74) is 1.85. The van der Waals surface area contributed by atoms with Crippen LogP contribution in [-0.4, -0.2) is 43.4 Å². The smallest absolute Gasteiger partial charge is 0.209 e. The molecule has 36 heavy (non-hydrogen) atoms. The number of unbranched alkanes of at least 4 members (excludes halogenated alkanes) is 3. The average Bonchev–Trinajstić information content (AvgIpc) is 3.67. The van der Waals surface area contributed by atoms with Gasteiger partial charge in [-0.05, 0) is 49.9 Å². The Hall–Kier alpha value is -3.71. The van der Waals surface area contributed by atoms with Gasteiger partial charge in [0.05, 0.1) is 18.5 Å². The van der Waals surface area contributed by atoms with Crippen LogP contribution in [0.25, 0.3) is 0 Å². The SMILES string of the molecule is N#CNC(=NCCCCCCn1cc(CN(Cc2ccco2)C2CCCC2)nn1)Nc1ccncc1. The standard InChI is InChI=1S/C26H35N9O/c27-21-30-26(31-22-11-14-28-15-12-22)29-13-5-1-2-6-16-35-19-23(32-33-35)18-34(24-8-3-4-9-24)20-25-10-7-17-36-25/h7,10-12,14-15,17,19,24H,1-6,8-9,13,16,18,20H2,(H2,28,29,30,31). The highest BCUT2D eigenvalue weighted by molar-refractivity contribution is 5.94. The summed E-state index contributed by atoms with van der Waals surface area (Å²) in [5.74, 6) is 1.46. The van der Waals surface area contributed by atoms with Gasteiger partial charge < -0.3 is 9.73 Å². The zero-order valence-electron chi connectivity index (χ0n) is 20.7. The lowest BCUT2D eigenvalue weighted by Crippen LogP contribution is -2.32. The van der Waals surface area contributed by atoms with Crippen molar-refractivity contribution in [3.05, 3.63) is 60.6 Å². The maximum absolute atomic E-state index is 8.94. The monoisotopic (exact) mass is 489 g/mol. The molecule has 0 saturated heterocycles. The molecule has 3 heterocycles. The van der Waals surface area contributed by atoms with Gasteiger partial charge >= 0.3 is 0 Å². The predicted molar refractivity (Wildman–Crippen MR) is 138 cm³/mol. The zero-order valence-corrected chi connectivity index (χ0v) is 20.7. The first kappa shape index (κ1) is 25.4. The van der Waals surface area contributed by atoms with Gasteiger partial charge in [-0.1, -0.05) is 30.9 Å². The number of guanidine groups is 1. The molecule has 2 N–H and O–H groups in total. The van der Waals surface area contributed by atoms with Crippen molar-refractivity contribution in [1.29, 1.82) is 5.26 Å². The third-order valence-electron chi connectivity index (χ3n) is 6.41. The van der Waals surface area contributed by atoms with Crippen LogP contribution in [0, 0.1) is 11.5 Å². The van der Waals surface area contributed by atoms with Crippen molar-refractivity contribution >= 4 is 11.6 Å². The van der Waals surface area contributed by atoms with Crippen LogP contribution in [-0.2, 0) is 19.6 Å². The van der Waals surface area contributed by atoms with E-state index in [4.69, 9.17) is 9.68 Å². The van der Waals surface area contributed by atoms with E-state index in [2.05, 4.69) is 42.0 Å². The van der Waals surface area contributed by atoms with Crippen LogP contribution < -0.4 is 10.6 Å². The van der Waals surface area contributed by atoms with Crippen LogP contribution in [0.1, 0.15) is 62.8 Å². The molecule has 1 aliphatic carbocycles. The van der Waals surface area contributed by atoms with E-state index in [1.807, 2.05) is 35.1 Å². The van der Waals surface area contributed by atoms with Crippen molar-refractivity contribution in [1.82, 2.24) is 30.2 Å². The van der Waals surface area contributed by atoms with E-state index in [9.17, 15) is 0 Å². The van der Waals surface area contributed by atoms with Gasteiger partial charge in [-0.2, -0.15) is 5.26 Å². The van der Waals surface area contributed by atoms with Crippen molar-refractivity contribution in [3.63, 3.8) is 0 Å². The number of nitrogens with zero attached hydrogens (tertiary/aromatic N) is 7. The van der Waals surface area contributed by atoms with Crippen molar-refractivity contribution in [2.45, 2.75) is 77.0 Å². The molecule has 190 valence electrons. The fourth-order valence-electron chi connectivity index (χ4n) is 4.58. The molecule has 10 nitrogen and oxygen atoms in total. The molecule has 0 amide bonds. The molecule has 0 unspecified atom stereocenters. The third-order valence-corrected chi connectivity index (χ3v) is 6.41. The highest BCUT2D eigenvalue weighted by atomic mass is 16.3. The molecule has 1 saturated carbocycles. The number of rotatable bonds is 13. The van der Waals surface area contributed by atoms with Crippen molar-refractivity contribution in [2.75, 3.05) is 11.9 Å². The molecule has 0 bridgehead atoms. The summed E-state index contributed by atoms with van der Waals surface area (Å²) in [5, 5.41) is 23.4. The summed E-state index contributed by atoms with van der Waals surface area (Å²) in [7, 11) is 0. The Balaban J connectivity index is 1.16. The molecule has 0 spiro atoms. The van der Waals surface area contributed by atoms with Crippen LogP contribution in [0.15, 0.2) is 58.5 Å². The van der Waals surface area contributed by atoms with Crippen LogP contribution in [0.2, 0.25) is 0 Å². The van der Waals surface area contributed by atoms with Gasteiger partial charge in [0.25, 0.3) is 0 Å². The topological polar surface area (TPSA) is 120 Å². The summed E-state index contributed by atoms with van der Waals surface area (Å²) in [4.78, 5) is 10.9. The van der Waals surface area contributed by atoms with Crippen LogP contribution in [0.5, 0.6) is 0 Å². The molecule has 0 radical (unpaired) electrons. The fourth-order valence-corrected chi connectivity index (χ4v) is 4.58. The second-order valence-corrected chi connectivity index (χ2v) is 9.14. The first-order chi connectivity index (χ1) is 17.8. The Morgan fingerprint density at radius 2 is 1.97 bits per heavy atom. The predicted octanol–water partition coefficient (Wildman–Crippen LogP) is 4.31. The first-order valence-electron chi connectivity index (χ1n) is 12.8. The molecule has 10 heteroatoms. The fraction of sp³-hybridized carbons (Fsp3) is 0.500. The van der Waals surface area contributed by atoms with E-state index in [1.54, 1.807) is 18.7 Å². The number of aliphatic imine (C=N–C) groups is 1. The number of aryl methyl sites for hydroxylation is 1. The van der Waals surface area contributed by atoms with E-state index < -0.39 is 0 Å². The normalized spacial score (nSPS) is 14.3. The van der Waals surface area contributed by atoms with E-state index in [-0.39, 0.29) is 0 Å². The minimum Gasteiger partial charge on any atom is -0.468 e. The zero-order chi connectivity index (χ0) is 24.8. The van der Waals surface area contributed by atoms with Gasteiger partial charge in [0.15, 0.2) is 6.19 Å². The van der Waals surface area contributed by atoms with Gasteiger partial charge in [-0.25, -0.2) is 0 Å².